The van der Waals surface area contributed by atoms with Crippen molar-refractivity contribution in [2.24, 2.45) is 11.8 Å². The highest BCUT2D eigenvalue weighted by Crippen LogP contribution is 2.49. The van der Waals surface area contributed by atoms with Crippen LogP contribution in [0, 0.1) is 30.3 Å². The minimum absolute atomic E-state index is 0.0376. The number of esters is 4. The molecule has 3 heterocycles. The second kappa shape index (κ2) is 26.9. The van der Waals surface area contributed by atoms with Gasteiger partial charge in [0.05, 0.1) is 45.2 Å². The molecule has 0 amide bonds. The highest BCUT2D eigenvalue weighted by atomic mass is 19.1. The van der Waals surface area contributed by atoms with E-state index >= 15 is 4.39 Å². The van der Waals surface area contributed by atoms with Gasteiger partial charge in [0.1, 0.15) is 54.8 Å². The zero-order chi connectivity index (χ0) is 60.1. The van der Waals surface area contributed by atoms with Crippen LogP contribution in [-0.4, -0.2) is 95.2 Å². The Hall–Kier alpha value is -9.44. The zero-order valence-electron chi connectivity index (χ0n) is 48.0. The summed E-state index contributed by atoms with van der Waals surface area (Å²) in [4.78, 5) is 65.5. The number of aromatic nitrogens is 4. The van der Waals surface area contributed by atoms with Crippen LogP contribution < -0.4 is 14.8 Å². The topological polar surface area (TPSA) is 198 Å². The maximum Gasteiger partial charge on any atom is 0.312 e. The average molecular weight is 1150 g/mol. The first kappa shape index (κ1) is 60.2. The van der Waals surface area contributed by atoms with Crippen molar-refractivity contribution in [3.8, 4) is 23.8 Å². The Morgan fingerprint density at radius 3 is 1.60 bits per heavy atom. The molecule has 85 heavy (non-hydrogen) atoms. The van der Waals surface area contributed by atoms with E-state index in [1.807, 2.05) is 170 Å². The minimum atomic E-state index is -1.90. The van der Waals surface area contributed by atoms with Crippen molar-refractivity contribution >= 4 is 40.9 Å². The fraction of sp³-hybridized carbons (Fsp3) is 0.299. The second-order valence-corrected chi connectivity index (χ2v) is 20.9. The van der Waals surface area contributed by atoms with Gasteiger partial charge in [-0.2, -0.15) is 14.4 Å². The number of hydrogen-bond donors (Lipinski definition) is 1. The van der Waals surface area contributed by atoms with Gasteiger partial charge in [0, 0.05) is 6.42 Å². The summed E-state index contributed by atoms with van der Waals surface area (Å²) in [6, 6.07) is 53.5. The first-order valence-corrected chi connectivity index (χ1v) is 27.8. The lowest BCUT2D eigenvalue weighted by atomic mass is 9.77. The molecule has 0 radical (unpaired) electrons. The molecule has 438 valence electrons. The van der Waals surface area contributed by atoms with Gasteiger partial charge in [-0.3, -0.25) is 23.7 Å². The average Bonchev–Trinajstić information content (AvgIpc) is 3.28. The van der Waals surface area contributed by atoms with Crippen LogP contribution in [-0.2, 0) is 58.7 Å². The molecule has 1 N–H and O–H groups in total. The number of ether oxygens (including phenoxy) is 8. The Morgan fingerprint density at radius 2 is 1.12 bits per heavy atom. The third kappa shape index (κ3) is 13.2. The van der Waals surface area contributed by atoms with E-state index in [4.69, 9.17) is 49.3 Å². The van der Waals surface area contributed by atoms with E-state index < -0.39 is 96.4 Å². The second-order valence-electron chi connectivity index (χ2n) is 20.9. The van der Waals surface area contributed by atoms with Crippen LogP contribution in [0.4, 0.5) is 10.2 Å². The van der Waals surface area contributed by atoms with Gasteiger partial charge < -0.3 is 43.2 Å². The number of benzene rings is 6. The van der Waals surface area contributed by atoms with Gasteiger partial charge in [-0.05, 0) is 57.6 Å². The van der Waals surface area contributed by atoms with Crippen LogP contribution >= 0.6 is 0 Å². The number of hydrogen-bond acceptors (Lipinski definition) is 16. The van der Waals surface area contributed by atoms with Crippen molar-refractivity contribution in [3.05, 3.63) is 216 Å². The quantitative estimate of drug-likeness (QED) is 0.0186. The summed E-state index contributed by atoms with van der Waals surface area (Å²) < 4.78 is 66.0. The molecular formula is C67H66FN5O12. The monoisotopic (exact) mass is 1150 g/mol. The molecule has 8 aromatic rings. The van der Waals surface area contributed by atoms with Crippen LogP contribution in [0.1, 0.15) is 86.6 Å². The first-order valence-electron chi connectivity index (χ1n) is 27.8. The van der Waals surface area contributed by atoms with Crippen molar-refractivity contribution < 1.29 is 61.5 Å². The molecular weight excluding hydrogens is 1090 g/mol. The van der Waals surface area contributed by atoms with Gasteiger partial charge >= 0.3 is 30.0 Å². The SMILES string of the molecule is C#C[C@]1(COC(=O)CCC(=O)OC(COC(=O)C(C)C)COC(=O)C(C)C)O[C@@H](n2cnc3c(NC(c4ccccc4)(c4ccccc4)c4ccc(OC)cc4)nc(F)nc32)C[C@@H]1OC(c1ccccc1)(c1ccccc1)c1ccc(OC)cc1. The zero-order valence-corrected chi connectivity index (χ0v) is 48.0. The summed E-state index contributed by atoms with van der Waals surface area (Å²) >= 11 is 0. The van der Waals surface area contributed by atoms with Gasteiger partial charge in [-0.25, -0.2) is 4.98 Å². The molecule has 0 spiro atoms. The smallest absolute Gasteiger partial charge is 0.312 e. The Balaban J connectivity index is 1.09. The number of rotatable bonds is 25. The molecule has 0 unspecified atom stereocenters. The number of carbonyl (C=O) groups is 4. The van der Waals surface area contributed by atoms with Crippen molar-refractivity contribution in [3.63, 3.8) is 0 Å². The van der Waals surface area contributed by atoms with Crippen molar-refractivity contribution in [1.29, 1.82) is 0 Å². The van der Waals surface area contributed by atoms with E-state index in [-0.39, 0.29) is 36.6 Å². The van der Waals surface area contributed by atoms with E-state index in [0.29, 0.717) is 28.2 Å². The summed E-state index contributed by atoms with van der Waals surface area (Å²) in [5.41, 5.74) is 0.181. The fourth-order valence-electron chi connectivity index (χ4n) is 10.2. The summed E-state index contributed by atoms with van der Waals surface area (Å²) in [5.74, 6) is 0.342. The summed E-state index contributed by atoms with van der Waals surface area (Å²) in [7, 11) is 3.16. The van der Waals surface area contributed by atoms with Gasteiger partial charge in [-0.15, -0.1) is 6.42 Å². The molecule has 2 aromatic heterocycles. The molecule has 1 aliphatic heterocycles. The Morgan fingerprint density at radius 1 is 0.659 bits per heavy atom. The van der Waals surface area contributed by atoms with Gasteiger partial charge in [0.25, 0.3) is 0 Å². The van der Waals surface area contributed by atoms with E-state index in [1.165, 1.54) is 6.33 Å². The number of imidazole rings is 1. The predicted molar refractivity (Wildman–Crippen MR) is 313 cm³/mol. The summed E-state index contributed by atoms with van der Waals surface area (Å²) in [6.45, 7) is 5.20. The Labute approximate surface area is 492 Å². The lowest BCUT2D eigenvalue weighted by Gasteiger charge is -2.41. The highest BCUT2D eigenvalue weighted by Gasteiger charge is 2.55. The van der Waals surface area contributed by atoms with Crippen LogP contribution in [0.2, 0.25) is 0 Å². The van der Waals surface area contributed by atoms with Crippen molar-refractivity contribution in [2.45, 2.75) is 82.1 Å². The molecule has 9 rings (SSSR count). The van der Waals surface area contributed by atoms with Gasteiger partial charge in [-0.1, -0.05) is 179 Å². The van der Waals surface area contributed by atoms with Crippen LogP contribution in [0.25, 0.3) is 11.2 Å². The maximum absolute atomic E-state index is 16.5. The number of anilines is 1. The molecule has 6 aromatic carbocycles. The number of carbonyl (C=O) groups excluding carboxylic acids is 4. The third-order valence-corrected chi connectivity index (χ3v) is 14.7. The standard InChI is InChI=1S/C67H66FN5O12/c1-8-65(42-82-57(74)37-38-58(75)83-54(40-80-62(76)44(2)3)41-81-63(77)45(4)5)55(84-67(49-25-17-11-18-26-49,50-27-19-12-20-28-50)51-31-35-53(79-7)36-32-51)39-56(85-65)73-43-69-59-60(70-64(68)71-61(59)73)72-66(46-21-13-9-14-22-46,47-23-15-10-16-24-47)48-29-33-52(78-6)34-30-48/h1,9-36,43-45,54-56H,37-42H2,2-7H3,(H,70,71,72)/t55-,56+,65+/m0/s1. The third-order valence-electron chi connectivity index (χ3n) is 14.7. The van der Waals surface area contributed by atoms with Gasteiger partial charge in [0.15, 0.2) is 28.7 Å². The number of nitrogens with zero attached hydrogens (tertiary/aromatic N) is 4. The minimum Gasteiger partial charge on any atom is -0.497 e. The largest absolute Gasteiger partial charge is 0.497 e. The van der Waals surface area contributed by atoms with E-state index in [1.54, 1.807) is 46.5 Å². The van der Waals surface area contributed by atoms with Crippen molar-refractivity contribution in [1.82, 2.24) is 19.5 Å². The maximum atomic E-state index is 16.5. The number of methoxy groups -OCH3 is 2. The Bertz CT molecular complexity index is 3500. The highest BCUT2D eigenvalue weighted by molar-refractivity contribution is 5.84. The van der Waals surface area contributed by atoms with Crippen LogP contribution in [0.5, 0.6) is 11.5 Å². The predicted octanol–water partition coefficient (Wildman–Crippen LogP) is 10.7. The molecule has 1 fully saturated rings. The lowest BCUT2D eigenvalue weighted by Crippen LogP contribution is -2.49. The van der Waals surface area contributed by atoms with Crippen molar-refractivity contribution in [2.75, 3.05) is 39.4 Å². The molecule has 3 atom stereocenters. The summed E-state index contributed by atoms with van der Waals surface area (Å²) in [5, 5.41) is 3.64. The number of fused-ring (bicyclic) bond motifs is 1. The molecule has 1 aliphatic rings. The van der Waals surface area contributed by atoms with Crippen LogP contribution in [0.15, 0.2) is 176 Å². The molecule has 1 saturated heterocycles. The molecule has 18 heteroatoms. The number of nitrogens with one attached hydrogen (secondary N) is 1. The molecule has 0 aliphatic carbocycles. The van der Waals surface area contributed by atoms with Gasteiger partial charge in [0.2, 0.25) is 0 Å². The first-order chi connectivity index (χ1) is 41.1. The Kier molecular flexibility index (Phi) is 19.0. The molecule has 0 bridgehead atoms. The number of terminal acetylenes is 1. The molecule has 0 saturated carbocycles. The normalized spacial score (nSPS) is 16.0. The van der Waals surface area contributed by atoms with E-state index in [0.717, 1.165) is 16.7 Å². The lowest BCUT2D eigenvalue weighted by molar-refractivity contribution is -0.171. The number of halogens is 1. The fourth-order valence-corrected chi connectivity index (χ4v) is 10.2. The van der Waals surface area contributed by atoms with E-state index in [9.17, 15) is 19.2 Å². The van der Waals surface area contributed by atoms with E-state index in [2.05, 4.69) is 21.2 Å². The van der Waals surface area contributed by atoms with Crippen LogP contribution in [0.3, 0.4) is 0 Å². The molecule has 17 nitrogen and oxygen atoms in total. The summed E-state index contributed by atoms with van der Waals surface area (Å²) in [6.07, 6.45) is 2.60.